The predicted octanol–water partition coefficient (Wildman–Crippen LogP) is 1.36. The molecular weight excluding hydrogens is 212 g/mol. The van der Waals surface area contributed by atoms with Gasteiger partial charge in [-0.1, -0.05) is 36.8 Å². The minimum absolute atomic E-state index is 0.231. The number of rotatable bonds is 4. The van der Waals surface area contributed by atoms with Crippen molar-refractivity contribution in [3.63, 3.8) is 0 Å². The van der Waals surface area contributed by atoms with E-state index in [1.54, 1.807) is 0 Å². The van der Waals surface area contributed by atoms with E-state index in [2.05, 4.69) is 29.2 Å². The normalized spacial score (nSPS) is 23.5. The topological polar surface area (TPSA) is 49.5 Å². The molecule has 0 aliphatic carbocycles. The van der Waals surface area contributed by atoms with Crippen LogP contribution in [0.3, 0.4) is 0 Å². The fourth-order valence-electron chi connectivity index (χ4n) is 2.62. The minimum atomic E-state index is -0.390. The second kappa shape index (κ2) is 6.15. The quantitative estimate of drug-likeness (QED) is 0.827. The van der Waals surface area contributed by atoms with E-state index in [-0.39, 0.29) is 12.1 Å². The Labute approximate surface area is 103 Å². The summed E-state index contributed by atoms with van der Waals surface area (Å²) in [5.41, 5.74) is 6.89. The SMILES string of the molecule is NC[C@H](O)C1CCCCN1Cc1ccccc1. The third-order valence-corrected chi connectivity index (χ3v) is 3.58. The first-order valence-electron chi connectivity index (χ1n) is 6.47. The first kappa shape index (κ1) is 12.6. The van der Waals surface area contributed by atoms with Gasteiger partial charge in [0.05, 0.1) is 6.10 Å². The van der Waals surface area contributed by atoms with Crippen LogP contribution in [0.2, 0.25) is 0 Å². The van der Waals surface area contributed by atoms with Gasteiger partial charge in [-0.3, -0.25) is 4.90 Å². The maximum atomic E-state index is 9.96. The molecule has 0 radical (unpaired) electrons. The molecule has 3 heteroatoms. The van der Waals surface area contributed by atoms with Crippen LogP contribution in [0.4, 0.5) is 0 Å². The molecule has 0 spiro atoms. The zero-order valence-electron chi connectivity index (χ0n) is 10.3. The number of hydrogen-bond donors (Lipinski definition) is 2. The third kappa shape index (κ3) is 3.28. The van der Waals surface area contributed by atoms with Gasteiger partial charge in [-0.15, -0.1) is 0 Å². The Hall–Kier alpha value is -0.900. The molecule has 0 bridgehead atoms. The molecule has 1 aliphatic rings. The summed E-state index contributed by atoms with van der Waals surface area (Å²) < 4.78 is 0. The maximum Gasteiger partial charge on any atom is 0.0817 e. The average molecular weight is 234 g/mol. The molecule has 0 amide bonds. The summed E-state index contributed by atoms with van der Waals surface area (Å²) in [5, 5.41) is 9.96. The van der Waals surface area contributed by atoms with E-state index in [1.165, 1.54) is 18.4 Å². The Morgan fingerprint density at radius 2 is 2.06 bits per heavy atom. The van der Waals surface area contributed by atoms with Gasteiger partial charge >= 0.3 is 0 Å². The summed E-state index contributed by atoms with van der Waals surface area (Å²) >= 11 is 0. The van der Waals surface area contributed by atoms with Gasteiger partial charge in [0, 0.05) is 19.1 Å². The van der Waals surface area contributed by atoms with Crippen LogP contribution in [0.5, 0.6) is 0 Å². The number of piperidine rings is 1. The molecule has 0 aromatic heterocycles. The molecule has 1 unspecified atom stereocenters. The van der Waals surface area contributed by atoms with E-state index < -0.39 is 0 Å². The van der Waals surface area contributed by atoms with Gasteiger partial charge in [-0.2, -0.15) is 0 Å². The number of benzene rings is 1. The highest BCUT2D eigenvalue weighted by atomic mass is 16.3. The highest BCUT2D eigenvalue weighted by molar-refractivity contribution is 5.14. The van der Waals surface area contributed by atoms with Gasteiger partial charge in [0.15, 0.2) is 0 Å². The lowest BCUT2D eigenvalue weighted by atomic mass is 9.96. The zero-order valence-corrected chi connectivity index (χ0v) is 10.3. The van der Waals surface area contributed by atoms with Crippen molar-refractivity contribution in [1.29, 1.82) is 0 Å². The summed E-state index contributed by atoms with van der Waals surface area (Å²) in [7, 11) is 0. The molecule has 94 valence electrons. The molecule has 2 rings (SSSR count). The summed E-state index contributed by atoms with van der Waals surface area (Å²) in [6.07, 6.45) is 3.10. The minimum Gasteiger partial charge on any atom is -0.390 e. The lowest BCUT2D eigenvalue weighted by molar-refractivity contribution is 0.0263. The van der Waals surface area contributed by atoms with E-state index in [0.717, 1.165) is 19.5 Å². The van der Waals surface area contributed by atoms with Crippen molar-refractivity contribution in [2.75, 3.05) is 13.1 Å². The Balaban J connectivity index is 2.01. The average Bonchev–Trinajstić information content (AvgIpc) is 2.40. The van der Waals surface area contributed by atoms with Gasteiger partial charge in [0.1, 0.15) is 0 Å². The molecule has 1 aromatic carbocycles. The van der Waals surface area contributed by atoms with E-state index >= 15 is 0 Å². The maximum absolute atomic E-state index is 9.96. The predicted molar refractivity (Wildman–Crippen MR) is 69.6 cm³/mol. The summed E-state index contributed by atoms with van der Waals surface area (Å²) in [6.45, 7) is 2.34. The monoisotopic (exact) mass is 234 g/mol. The molecular formula is C14H22N2O. The lowest BCUT2D eigenvalue weighted by Gasteiger charge is -2.38. The largest absolute Gasteiger partial charge is 0.390 e. The highest BCUT2D eigenvalue weighted by Crippen LogP contribution is 2.21. The molecule has 1 aromatic rings. The van der Waals surface area contributed by atoms with Gasteiger partial charge in [0.25, 0.3) is 0 Å². The zero-order chi connectivity index (χ0) is 12.1. The van der Waals surface area contributed by atoms with Crippen LogP contribution in [0, 0.1) is 0 Å². The number of nitrogens with two attached hydrogens (primary N) is 1. The molecule has 1 fully saturated rings. The number of aliphatic hydroxyl groups is 1. The van der Waals surface area contributed by atoms with Crippen molar-refractivity contribution >= 4 is 0 Å². The third-order valence-electron chi connectivity index (χ3n) is 3.58. The van der Waals surface area contributed by atoms with E-state index in [4.69, 9.17) is 5.73 Å². The number of hydrogen-bond acceptors (Lipinski definition) is 3. The van der Waals surface area contributed by atoms with Crippen molar-refractivity contribution in [3.05, 3.63) is 35.9 Å². The first-order chi connectivity index (χ1) is 8.31. The van der Waals surface area contributed by atoms with Gasteiger partial charge < -0.3 is 10.8 Å². The van der Waals surface area contributed by atoms with Gasteiger partial charge in [-0.25, -0.2) is 0 Å². The van der Waals surface area contributed by atoms with E-state index in [9.17, 15) is 5.11 Å². The first-order valence-corrected chi connectivity index (χ1v) is 6.47. The standard InChI is InChI=1S/C14H22N2O/c15-10-14(17)13-8-4-5-9-16(13)11-12-6-2-1-3-7-12/h1-3,6-7,13-14,17H,4-5,8-11,15H2/t13?,14-/m0/s1. The molecule has 1 aliphatic heterocycles. The van der Waals surface area contributed by atoms with Crippen LogP contribution in [0.15, 0.2) is 30.3 Å². The fourth-order valence-corrected chi connectivity index (χ4v) is 2.62. The van der Waals surface area contributed by atoms with Crippen LogP contribution >= 0.6 is 0 Å². The Bertz CT molecular complexity index is 328. The smallest absolute Gasteiger partial charge is 0.0817 e. The van der Waals surface area contributed by atoms with Gasteiger partial charge in [0.2, 0.25) is 0 Å². The second-order valence-corrected chi connectivity index (χ2v) is 4.82. The van der Waals surface area contributed by atoms with Crippen molar-refractivity contribution in [1.82, 2.24) is 4.90 Å². The van der Waals surface area contributed by atoms with Crippen molar-refractivity contribution in [2.24, 2.45) is 5.73 Å². The Morgan fingerprint density at radius 3 is 2.76 bits per heavy atom. The van der Waals surface area contributed by atoms with Crippen LogP contribution < -0.4 is 5.73 Å². The second-order valence-electron chi connectivity index (χ2n) is 4.82. The van der Waals surface area contributed by atoms with E-state index in [0.29, 0.717) is 6.54 Å². The molecule has 3 nitrogen and oxygen atoms in total. The number of likely N-dealkylation sites (tertiary alicyclic amines) is 1. The molecule has 0 saturated carbocycles. The molecule has 1 saturated heterocycles. The Morgan fingerprint density at radius 1 is 1.29 bits per heavy atom. The fraction of sp³-hybridized carbons (Fsp3) is 0.571. The van der Waals surface area contributed by atoms with E-state index in [1.807, 2.05) is 6.07 Å². The van der Waals surface area contributed by atoms with Crippen LogP contribution in [-0.4, -0.2) is 35.2 Å². The molecule has 17 heavy (non-hydrogen) atoms. The Kier molecular flexibility index (Phi) is 4.54. The number of aliphatic hydroxyl groups excluding tert-OH is 1. The highest BCUT2D eigenvalue weighted by Gasteiger charge is 2.27. The molecule has 1 heterocycles. The molecule has 2 atom stereocenters. The van der Waals surface area contributed by atoms with Gasteiger partial charge in [-0.05, 0) is 24.9 Å². The number of nitrogens with zero attached hydrogens (tertiary/aromatic N) is 1. The summed E-state index contributed by atoms with van der Waals surface area (Å²) in [4.78, 5) is 2.37. The summed E-state index contributed by atoms with van der Waals surface area (Å²) in [6, 6.07) is 10.7. The van der Waals surface area contributed by atoms with Crippen LogP contribution in [0.25, 0.3) is 0 Å². The lowest BCUT2D eigenvalue weighted by Crippen LogP contribution is -2.48. The van der Waals surface area contributed by atoms with Crippen molar-refractivity contribution in [3.8, 4) is 0 Å². The molecule has 3 N–H and O–H groups in total. The van der Waals surface area contributed by atoms with Crippen molar-refractivity contribution < 1.29 is 5.11 Å². The van der Waals surface area contributed by atoms with Crippen molar-refractivity contribution in [2.45, 2.75) is 38.0 Å². The van der Waals surface area contributed by atoms with Crippen LogP contribution in [0.1, 0.15) is 24.8 Å². The summed E-state index contributed by atoms with van der Waals surface area (Å²) in [5.74, 6) is 0. The van der Waals surface area contributed by atoms with Crippen LogP contribution in [-0.2, 0) is 6.54 Å².